The van der Waals surface area contributed by atoms with Crippen molar-refractivity contribution in [1.29, 1.82) is 0 Å². The third kappa shape index (κ3) is 5.32. The zero-order valence-electron chi connectivity index (χ0n) is 9.64. The molecule has 84 valence electrons. The summed E-state index contributed by atoms with van der Waals surface area (Å²) in [5.41, 5.74) is 0. The molecule has 4 nitrogen and oxygen atoms in total. The molecule has 16 heavy (non-hydrogen) atoms. The van der Waals surface area contributed by atoms with Crippen LogP contribution in [0.15, 0.2) is 29.2 Å². The van der Waals surface area contributed by atoms with Crippen LogP contribution in [-0.2, 0) is 10.1 Å². The molecule has 0 bridgehead atoms. The van der Waals surface area contributed by atoms with Crippen molar-refractivity contribution in [3.63, 3.8) is 0 Å². The van der Waals surface area contributed by atoms with Crippen molar-refractivity contribution >= 4 is 10.1 Å². The van der Waals surface area contributed by atoms with Gasteiger partial charge in [0, 0.05) is 0 Å². The van der Waals surface area contributed by atoms with Crippen molar-refractivity contribution in [2.45, 2.75) is 18.7 Å². The van der Waals surface area contributed by atoms with Crippen LogP contribution in [-0.4, -0.2) is 19.6 Å². The van der Waals surface area contributed by atoms with Crippen LogP contribution in [0.1, 0.15) is 13.8 Å². The molecule has 0 atom stereocenters. The van der Waals surface area contributed by atoms with E-state index in [0.29, 0.717) is 18.3 Å². The molecule has 0 fully saturated rings. The molecule has 0 amide bonds. The van der Waals surface area contributed by atoms with E-state index >= 15 is 0 Å². The molecule has 1 aromatic rings. The van der Waals surface area contributed by atoms with Crippen LogP contribution in [0, 0.1) is 5.92 Å². The van der Waals surface area contributed by atoms with Crippen LogP contribution in [0.5, 0.6) is 5.75 Å². The summed E-state index contributed by atoms with van der Waals surface area (Å²) in [6.45, 7) is 4.58. The van der Waals surface area contributed by atoms with Gasteiger partial charge in [0.2, 0.25) is 0 Å². The van der Waals surface area contributed by atoms with Gasteiger partial charge in [-0.25, -0.2) is 8.42 Å². The molecule has 0 aliphatic carbocycles. The molecule has 0 heterocycles. The fourth-order valence-corrected chi connectivity index (χ4v) is 1.43. The van der Waals surface area contributed by atoms with Gasteiger partial charge in [-0.1, -0.05) is 13.8 Å². The van der Waals surface area contributed by atoms with E-state index in [-0.39, 0.29) is 34.5 Å². The van der Waals surface area contributed by atoms with Crippen LogP contribution in [0.25, 0.3) is 0 Å². The Labute approximate surface area is 118 Å². The Kier molecular flexibility index (Phi) is 6.58. The Morgan fingerprint density at radius 2 is 1.75 bits per heavy atom. The summed E-state index contributed by atoms with van der Waals surface area (Å²) in [5.74, 6) is 0.962. The van der Waals surface area contributed by atoms with Crippen molar-refractivity contribution < 1.29 is 47.3 Å². The molecular weight excluding hydrogens is 239 g/mol. The Morgan fingerprint density at radius 3 is 2.12 bits per heavy atom. The van der Waals surface area contributed by atoms with Gasteiger partial charge in [0.05, 0.1) is 11.5 Å². The summed E-state index contributed by atoms with van der Waals surface area (Å²) < 4.78 is 37.2. The minimum absolute atomic E-state index is 0. The Hall–Kier alpha value is -0.0700. The predicted octanol–water partition coefficient (Wildman–Crippen LogP) is -1.37. The quantitative estimate of drug-likeness (QED) is 0.490. The number of hydrogen-bond donors (Lipinski definition) is 0. The third-order valence-electron chi connectivity index (χ3n) is 1.70. The molecule has 0 radical (unpaired) electrons. The summed E-state index contributed by atoms with van der Waals surface area (Å²) in [6, 6.07) is 5.45. The van der Waals surface area contributed by atoms with Gasteiger partial charge in [0.1, 0.15) is 15.9 Å². The van der Waals surface area contributed by atoms with Gasteiger partial charge in [-0.05, 0) is 30.2 Å². The van der Waals surface area contributed by atoms with Crippen molar-refractivity contribution in [3.8, 4) is 5.75 Å². The summed E-state index contributed by atoms with van der Waals surface area (Å²) in [7, 11) is -4.36. The summed E-state index contributed by atoms with van der Waals surface area (Å²) in [4.78, 5) is -0.237. The van der Waals surface area contributed by atoms with Gasteiger partial charge in [0.25, 0.3) is 0 Å². The van der Waals surface area contributed by atoms with E-state index in [0.717, 1.165) is 0 Å². The monoisotopic (exact) mass is 252 g/mol. The summed E-state index contributed by atoms with van der Waals surface area (Å²) >= 11 is 0. The van der Waals surface area contributed by atoms with Crippen LogP contribution < -0.4 is 34.3 Å². The van der Waals surface area contributed by atoms with Gasteiger partial charge >= 0.3 is 29.6 Å². The van der Waals surface area contributed by atoms with Crippen LogP contribution >= 0.6 is 0 Å². The molecule has 1 aromatic carbocycles. The molecule has 6 heteroatoms. The molecule has 0 unspecified atom stereocenters. The van der Waals surface area contributed by atoms with E-state index in [1.807, 2.05) is 13.8 Å². The van der Waals surface area contributed by atoms with Gasteiger partial charge in [-0.3, -0.25) is 0 Å². The van der Waals surface area contributed by atoms with E-state index < -0.39 is 10.1 Å². The number of ether oxygens (including phenoxy) is 1. The third-order valence-corrected chi connectivity index (χ3v) is 2.55. The molecule has 0 saturated carbocycles. The van der Waals surface area contributed by atoms with E-state index in [1.54, 1.807) is 0 Å². The average molecular weight is 252 g/mol. The van der Waals surface area contributed by atoms with E-state index in [2.05, 4.69) is 0 Å². The minimum Gasteiger partial charge on any atom is -0.744 e. The van der Waals surface area contributed by atoms with E-state index in [9.17, 15) is 13.0 Å². The predicted molar refractivity (Wildman–Crippen MR) is 54.7 cm³/mol. The maximum Gasteiger partial charge on any atom is 1.00 e. The average Bonchev–Trinajstić information content (AvgIpc) is 2.14. The Morgan fingerprint density at radius 1 is 1.25 bits per heavy atom. The summed E-state index contributed by atoms with van der Waals surface area (Å²) in [6.07, 6.45) is 0. The topological polar surface area (TPSA) is 66.4 Å². The second kappa shape index (κ2) is 6.61. The molecule has 0 aliphatic rings. The number of hydrogen-bond acceptors (Lipinski definition) is 4. The van der Waals surface area contributed by atoms with Crippen LogP contribution in [0.4, 0.5) is 0 Å². The van der Waals surface area contributed by atoms with Gasteiger partial charge in [-0.15, -0.1) is 0 Å². The van der Waals surface area contributed by atoms with Gasteiger partial charge < -0.3 is 9.29 Å². The second-order valence-electron chi connectivity index (χ2n) is 3.63. The minimum atomic E-state index is -4.36. The molecule has 0 aliphatic heterocycles. The fourth-order valence-electron chi connectivity index (χ4n) is 0.965. The number of rotatable bonds is 4. The normalized spacial score (nSPS) is 11.0. The van der Waals surface area contributed by atoms with Crippen molar-refractivity contribution in [3.05, 3.63) is 24.3 Å². The van der Waals surface area contributed by atoms with Crippen molar-refractivity contribution in [2.75, 3.05) is 6.61 Å². The molecular formula is C10H13NaO4S. The van der Waals surface area contributed by atoms with Gasteiger partial charge in [0.15, 0.2) is 0 Å². The first-order chi connectivity index (χ1) is 6.89. The first-order valence-electron chi connectivity index (χ1n) is 4.58. The van der Waals surface area contributed by atoms with Crippen molar-refractivity contribution in [1.82, 2.24) is 0 Å². The second-order valence-corrected chi connectivity index (χ2v) is 5.01. The molecule has 0 spiro atoms. The number of benzene rings is 1. The van der Waals surface area contributed by atoms with Gasteiger partial charge in [-0.2, -0.15) is 0 Å². The molecule has 0 saturated heterocycles. The summed E-state index contributed by atoms with van der Waals surface area (Å²) in [5, 5.41) is 0. The first kappa shape index (κ1) is 15.9. The van der Waals surface area contributed by atoms with E-state index in [1.165, 1.54) is 24.3 Å². The Bertz CT molecular complexity index is 411. The van der Waals surface area contributed by atoms with Crippen molar-refractivity contribution in [2.24, 2.45) is 5.92 Å². The molecule has 0 N–H and O–H groups in total. The molecule has 0 aromatic heterocycles. The van der Waals surface area contributed by atoms with Crippen LogP contribution in [0.2, 0.25) is 0 Å². The Balaban J connectivity index is 0.00000225. The maximum atomic E-state index is 10.6. The van der Waals surface area contributed by atoms with E-state index in [4.69, 9.17) is 4.74 Å². The largest absolute Gasteiger partial charge is 1.00 e. The maximum absolute atomic E-state index is 10.6. The van der Waals surface area contributed by atoms with Crippen LogP contribution in [0.3, 0.4) is 0 Å². The smallest absolute Gasteiger partial charge is 0.744 e. The zero-order valence-corrected chi connectivity index (χ0v) is 12.5. The first-order valence-corrected chi connectivity index (χ1v) is 5.99. The molecule has 1 rings (SSSR count). The fraction of sp³-hybridized carbons (Fsp3) is 0.400. The SMILES string of the molecule is CC(C)COc1ccc(S(=O)(=O)[O-])cc1.[Na+]. The zero-order chi connectivity index (χ0) is 11.5. The standard InChI is InChI=1S/C10H14O4S.Na/c1-8(2)7-14-9-3-5-10(6-4-9)15(11,12)13;/h3-6,8H,7H2,1-2H3,(H,11,12,13);/q;+1/p-1.